The average Bonchev–Trinajstić information content (AvgIpc) is 2.16. The average molecular weight is 331 g/mol. The predicted octanol–water partition coefficient (Wildman–Crippen LogP) is 3.17. The number of nitrogens with zero attached hydrogens (tertiary/aromatic N) is 1. The van der Waals surface area contributed by atoms with Crippen LogP contribution in [0.5, 0.6) is 0 Å². The van der Waals surface area contributed by atoms with Gasteiger partial charge in [0.2, 0.25) is 0 Å². The second kappa shape index (κ2) is 5.14. The Morgan fingerprint density at radius 3 is 2.57 bits per heavy atom. The minimum Gasteiger partial charge on any atom is -0.390 e. The minimum absolute atomic E-state index is 0.104. The summed E-state index contributed by atoms with van der Waals surface area (Å²) < 4.78 is 25.5. The van der Waals surface area contributed by atoms with E-state index < -0.39 is 6.43 Å². The lowest BCUT2D eigenvalue weighted by atomic mass is 10.1. The van der Waals surface area contributed by atoms with Gasteiger partial charge in [-0.3, -0.25) is 0 Å². The Balaban J connectivity index is 3.28. The number of hydrogen-bond acceptors (Lipinski definition) is 2. The molecule has 0 spiro atoms. The highest BCUT2D eigenvalue weighted by atomic mass is 79.9. The molecular formula is C8H7Br2F2NO. The fourth-order valence-electron chi connectivity index (χ4n) is 1.02. The van der Waals surface area contributed by atoms with Gasteiger partial charge in [-0.1, -0.05) is 15.9 Å². The lowest BCUT2D eigenvalue weighted by Gasteiger charge is -2.09. The van der Waals surface area contributed by atoms with Crippen LogP contribution in [-0.4, -0.2) is 10.1 Å². The number of alkyl halides is 3. The number of aliphatic hydroxyl groups is 1. The third-order valence-electron chi connectivity index (χ3n) is 1.69. The van der Waals surface area contributed by atoms with Gasteiger partial charge < -0.3 is 5.11 Å². The molecule has 0 unspecified atom stereocenters. The highest BCUT2D eigenvalue weighted by Gasteiger charge is 2.16. The molecular weight excluding hydrogens is 324 g/mol. The summed E-state index contributed by atoms with van der Waals surface area (Å²) in [7, 11) is 0. The third kappa shape index (κ3) is 2.49. The Morgan fingerprint density at radius 2 is 2.14 bits per heavy atom. The highest BCUT2D eigenvalue weighted by molar-refractivity contribution is 9.10. The van der Waals surface area contributed by atoms with Crippen molar-refractivity contribution in [2.45, 2.75) is 18.4 Å². The van der Waals surface area contributed by atoms with Crippen LogP contribution >= 0.6 is 31.9 Å². The molecule has 14 heavy (non-hydrogen) atoms. The summed E-state index contributed by atoms with van der Waals surface area (Å²) in [6.45, 7) is -0.346. The number of rotatable bonds is 3. The Hall–Kier alpha value is -0.0700. The van der Waals surface area contributed by atoms with E-state index in [-0.39, 0.29) is 17.9 Å². The molecule has 0 bridgehead atoms. The maximum atomic E-state index is 12.6. The van der Waals surface area contributed by atoms with Crippen LogP contribution in [0.25, 0.3) is 0 Å². The van der Waals surface area contributed by atoms with Gasteiger partial charge in [0, 0.05) is 16.5 Å². The van der Waals surface area contributed by atoms with E-state index in [1.54, 1.807) is 0 Å². The van der Waals surface area contributed by atoms with Crippen LogP contribution in [0, 0.1) is 0 Å². The molecule has 0 fully saturated rings. The molecule has 1 N–H and O–H groups in total. The lowest BCUT2D eigenvalue weighted by Crippen LogP contribution is -2.00. The molecule has 0 aliphatic rings. The topological polar surface area (TPSA) is 33.1 Å². The van der Waals surface area contributed by atoms with Gasteiger partial charge in [0.15, 0.2) is 0 Å². The van der Waals surface area contributed by atoms with Crippen molar-refractivity contribution in [3.8, 4) is 0 Å². The van der Waals surface area contributed by atoms with Gasteiger partial charge in [-0.2, -0.15) is 0 Å². The molecule has 0 aromatic carbocycles. The number of halogens is 4. The first-order valence-electron chi connectivity index (χ1n) is 3.73. The maximum absolute atomic E-state index is 12.6. The van der Waals surface area contributed by atoms with Crippen molar-refractivity contribution >= 4 is 31.9 Å². The van der Waals surface area contributed by atoms with E-state index in [1.165, 1.54) is 6.07 Å². The summed E-state index contributed by atoms with van der Waals surface area (Å²) in [6, 6.07) is 1.21. The van der Waals surface area contributed by atoms with Gasteiger partial charge in [-0.15, -0.1) is 0 Å². The van der Waals surface area contributed by atoms with Crippen molar-refractivity contribution in [2.75, 3.05) is 0 Å². The summed E-state index contributed by atoms with van der Waals surface area (Å²) in [5.74, 6) is 0. The van der Waals surface area contributed by atoms with Crippen LogP contribution in [0.3, 0.4) is 0 Å². The quantitative estimate of drug-likeness (QED) is 0.682. The van der Waals surface area contributed by atoms with E-state index in [2.05, 4.69) is 36.8 Å². The highest BCUT2D eigenvalue weighted by Crippen LogP contribution is 2.29. The van der Waals surface area contributed by atoms with E-state index in [0.29, 0.717) is 15.5 Å². The molecule has 0 saturated carbocycles. The third-order valence-corrected chi connectivity index (χ3v) is 2.91. The molecule has 0 atom stereocenters. The van der Waals surface area contributed by atoms with E-state index >= 15 is 0 Å². The number of aromatic nitrogens is 1. The fourth-order valence-corrected chi connectivity index (χ4v) is 2.58. The Kier molecular flexibility index (Phi) is 4.40. The molecule has 1 rings (SSSR count). The molecule has 2 nitrogen and oxygen atoms in total. The number of aliphatic hydroxyl groups excluding tert-OH is 1. The Labute approximate surface area is 96.6 Å². The zero-order chi connectivity index (χ0) is 10.7. The molecule has 78 valence electrons. The van der Waals surface area contributed by atoms with E-state index in [9.17, 15) is 8.78 Å². The lowest BCUT2D eigenvalue weighted by molar-refractivity contribution is 0.150. The van der Waals surface area contributed by atoms with Gasteiger partial charge in [0.05, 0.1) is 12.3 Å². The first-order valence-corrected chi connectivity index (χ1v) is 5.64. The van der Waals surface area contributed by atoms with Crippen LogP contribution in [0.15, 0.2) is 10.7 Å². The van der Waals surface area contributed by atoms with E-state index in [4.69, 9.17) is 5.11 Å². The van der Waals surface area contributed by atoms with Crippen LogP contribution in [-0.2, 0) is 11.9 Å². The molecule has 0 aliphatic heterocycles. The zero-order valence-electron chi connectivity index (χ0n) is 6.98. The second-order valence-corrected chi connectivity index (χ2v) is 3.88. The maximum Gasteiger partial charge on any atom is 0.264 e. The number of hydrogen-bond donors (Lipinski definition) is 1. The molecule has 0 aliphatic carbocycles. The predicted molar refractivity (Wildman–Crippen MR) is 55.4 cm³/mol. The van der Waals surface area contributed by atoms with Gasteiger partial charge >= 0.3 is 0 Å². The van der Waals surface area contributed by atoms with Crippen molar-refractivity contribution in [3.05, 3.63) is 27.5 Å². The van der Waals surface area contributed by atoms with Crippen LogP contribution in [0.2, 0.25) is 0 Å². The van der Waals surface area contributed by atoms with E-state index in [0.717, 1.165) is 0 Å². The summed E-state index contributed by atoms with van der Waals surface area (Å²) in [4.78, 5) is 3.91. The van der Waals surface area contributed by atoms with Crippen LogP contribution < -0.4 is 0 Å². The van der Waals surface area contributed by atoms with E-state index in [1.807, 2.05) is 0 Å². The summed E-state index contributed by atoms with van der Waals surface area (Å²) in [6.07, 6.45) is -2.56. The molecule has 6 heteroatoms. The second-order valence-electron chi connectivity index (χ2n) is 2.56. The molecule has 0 saturated heterocycles. The van der Waals surface area contributed by atoms with Gasteiger partial charge in [0.1, 0.15) is 4.60 Å². The summed E-state index contributed by atoms with van der Waals surface area (Å²) in [5, 5.41) is 9.09. The van der Waals surface area contributed by atoms with Gasteiger partial charge in [-0.25, -0.2) is 13.8 Å². The molecule has 0 amide bonds. The SMILES string of the molecule is OCc1cc(C(F)F)c(CBr)c(Br)n1. The van der Waals surface area contributed by atoms with Gasteiger partial charge in [-0.05, 0) is 22.0 Å². The fraction of sp³-hybridized carbons (Fsp3) is 0.375. The smallest absolute Gasteiger partial charge is 0.264 e. The first kappa shape index (κ1) is 12.0. The summed E-state index contributed by atoms with van der Waals surface area (Å²) in [5.41, 5.74) is 0.543. The van der Waals surface area contributed by atoms with Crippen LogP contribution in [0.4, 0.5) is 8.78 Å². The normalized spacial score (nSPS) is 11.0. The molecule has 1 aromatic rings. The summed E-state index contributed by atoms with van der Waals surface area (Å²) >= 11 is 6.19. The minimum atomic E-state index is -2.56. The zero-order valence-corrected chi connectivity index (χ0v) is 10.1. The monoisotopic (exact) mass is 329 g/mol. The standard InChI is InChI=1S/C8H7Br2F2NO/c9-2-6-5(8(11)12)1-4(3-14)13-7(6)10/h1,8,14H,2-3H2. The van der Waals surface area contributed by atoms with Crippen molar-refractivity contribution in [3.63, 3.8) is 0 Å². The van der Waals surface area contributed by atoms with Crippen molar-refractivity contribution in [2.24, 2.45) is 0 Å². The first-order chi connectivity index (χ1) is 6.60. The van der Waals surface area contributed by atoms with Crippen molar-refractivity contribution in [1.82, 2.24) is 4.98 Å². The van der Waals surface area contributed by atoms with Crippen LogP contribution in [0.1, 0.15) is 23.2 Å². The number of pyridine rings is 1. The molecule has 0 radical (unpaired) electrons. The molecule has 1 heterocycles. The Morgan fingerprint density at radius 1 is 1.50 bits per heavy atom. The Bertz CT molecular complexity index is 333. The van der Waals surface area contributed by atoms with Gasteiger partial charge in [0.25, 0.3) is 6.43 Å². The van der Waals surface area contributed by atoms with Crippen molar-refractivity contribution in [1.29, 1.82) is 0 Å². The molecule has 1 aromatic heterocycles. The largest absolute Gasteiger partial charge is 0.390 e. The van der Waals surface area contributed by atoms with Crippen molar-refractivity contribution < 1.29 is 13.9 Å².